The van der Waals surface area contributed by atoms with E-state index in [1.807, 2.05) is 4.90 Å². The molecule has 1 aliphatic carbocycles. The van der Waals surface area contributed by atoms with E-state index in [1.165, 1.54) is 25.7 Å². The number of carbonyl (C=O) groups is 2. The van der Waals surface area contributed by atoms with Gasteiger partial charge in [0.1, 0.15) is 0 Å². The van der Waals surface area contributed by atoms with Gasteiger partial charge in [-0.25, -0.2) is 4.79 Å². The Kier molecular flexibility index (Phi) is 3.95. The van der Waals surface area contributed by atoms with Crippen molar-refractivity contribution in [3.63, 3.8) is 0 Å². The fourth-order valence-corrected chi connectivity index (χ4v) is 3.59. The zero-order valence-electron chi connectivity index (χ0n) is 12.5. The molecule has 2 amide bonds. The minimum Gasteiger partial charge on any atom is -0.324 e. The van der Waals surface area contributed by atoms with Crippen molar-refractivity contribution >= 4 is 17.5 Å². The molecule has 1 N–H and O–H groups in total. The number of likely N-dealkylation sites (tertiary alicyclic amines) is 1. The monoisotopic (exact) mass is 286 g/mol. The molecule has 2 fully saturated rings. The first-order chi connectivity index (χ1) is 10.1. The van der Waals surface area contributed by atoms with Crippen molar-refractivity contribution in [2.75, 3.05) is 18.4 Å². The first kappa shape index (κ1) is 14.1. The van der Waals surface area contributed by atoms with Gasteiger partial charge in [0.25, 0.3) is 0 Å². The molecule has 2 atom stereocenters. The maximum absolute atomic E-state index is 12.4. The molecule has 1 aromatic carbocycles. The zero-order chi connectivity index (χ0) is 14.8. The summed E-state index contributed by atoms with van der Waals surface area (Å²) in [5, 5.41) is 2.94. The molecule has 1 saturated carbocycles. The average Bonchev–Trinajstić information content (AvgIpc) is 2.47. The van der Waals surface area contributed by atoms with E-state index in [0.717, 1.165) is 18.8 Å². The van der Waals surface area contributed by atoms with Crippen molar-refractivity contribution in [3.05, 3.63) is 29.8 Å². The van der Waals surface area contributed by atoms with E-state index in [-0.39, 0.29) is 11.8 Å². The van der Waals surface area contributed by atoms with Crippen LogP contribution in [0.4, 0.5) is 10.5 Å². The first-order valence-corrected chi connectivity index (χ1v) is 7.79. The van der Waals surface area contributed by atoms with E-state index < -0.39 is 0 Å². The van der Waals surface area contributed by atoms with Gasteiger partial charge in [-0.15, -0.1) is 0 Å². The van der Waals surface area contributed by atoms with Gasteiger partial charge >= 0.3 is 6.03 Å². The fourth-order valence-electron chi connectivity index (χ4n) is 3.59. The normalized spacial score (nSPS) is 24.5. The summed E-state index contributed by atoms with van der Waals surface area (Å²) in [6.07, 6.45) is 5.12. The summed E-state index contributed by atoms with van der Waals surface area (Å²) in [5.74, 6) is 1.41. The minimum absolute atomic E-state index is 0.0119. The van der Waals surface area contributed by atoms with Gasteiger partial charge in [-0.3, -0.25) is 4.79 Å². The number of piperidine rings is 1. The number of anilines is 1. The Hall–Kier alpha value is -1.84. The molecule has 1 heterocycles. The number of nitrogens with zero attached hydrogens (tertiary/aromatic N) is 1. The quantitative estimate of drug-likeness (QED) is 0.845. The third-order valence-electron chi connectivity index (χ3n) is 4.68. The molecule has 2 bridgehead atoms. The van der Waals surface area contributed by atoms with Crippen LogP contribution in [0.1, 0.15) is 43.0 Å². The lowest BCUT2D eigenvalue weighted by Gasteiger charge is -2.41. The molecule has 21 heavy (non-hydrogen) atoms. The number of fused-ring (bicyclic) bond motifs is 2. The topological polar surface area (TPSA) is 49.4 Å². The van der Waals surface area contributed by atoms with Crippen LogP contribution >= 0.6 is 0 Å². The van der Waals surface area contributed by atoms with Crippen molar-refractivity contribution < 1.29 is 9.59 Å². The highest BCUT2D eigenvalue weighted by Crippen LogP contribution is 2.34. The Morgan fingerprint density at radius 2 is 1.71 bits per heavy atom. The van der Waals surface area contributed by atoms with Crippen molar-refractivity contribution in [2.45, 2.75) is 32.6 Å². The number of amides is 2. The van der Waals surface area contributed by atoms with Crippen LogP contribution in [0.25, 0.3) is 0 Å². The molecule has 112 valence electrons. The number of benzene rings is 1. The van der Waals surface area contributed by atoms with Crippen LogP contribution in [0, 0.1) is 11.8 Å². The molecule has 2 aliphatic rings. The summed E-state index contributed by atoms with van der Waals surface area (Å²) in [6.45, 7) is 3.31. The molecule has 0 spiro atoms. The van der Waals surface area contributed by atoms with E-state index >= 15 is 0 Å². The maximum atomic E-state index is 12.4. The van der Waals surface area contributed by atoms with Gasteiger partial charge in [-0.1, -0.05) is 6.42 Å². The maximum Gasteiger partial charge on any atom is 0.321 e. The number of rotatable bonds is 2. The molecule has 3 rings (SSSR count). The van der Waals surface area contributed by atoms with Crippen LogP contribution in [-0.2, 0) is 0 Å². The van der Waals surface area contributed by atoms with E-state index in [1.54, 1.807) is 31.2 Å². The third kappa shape index (κ3) is 3.26. The van der Waals surface area contributed by atoms with Crippen molar-refractivity contribution in [1.82, 2.24) is 4.90 Å². The van der Waals surface area contributed by atoms with Crippen LogP contribution < -0.4 is 5.32 Å². The highest BCUT2D eigenvalue weighted by Gasteiger charge is 2.32. The van der Waals surface area contributed by atoms with Crippen molar-refractivity contribution in [2.24, 2.45) is 11.8 Å². The van der Waals surface area contributed by atoms with Gasteiger partial charge in [0.15, 0.2) is 5.78 Å². The van der Waals surface area contributed by atoms with E-state index in [9.17, 15) is 9.59 Å². The van der Waals surface area contributed by atoms with Gasteiger partial charge in [-0.2, -0.15) is 0 Å². The largest absolute Gasteiger partial charge is 0.324 e. The van der Waals surface area contributed by atoms with E-state index in [2.05, 4.69) is 5.32 Å². The van der Waals surface area contributed by atoms with Crippen LogP contribution in [0.15, 0.2) is 24.3 Å². The second-order valence-corrected chi connectivity index (χ2v) is 6.37. The molecule has 1 aromatic rings. The van der Waals surface area contributed by atoms with Crippen molar-refractivity contribution in [3.8, 4) is 0 Å². The van der Waals surface area contributed by atoms with Crippen LogP contribution in [-0.4, -0.2) is 29.8 Å². The molecular weight excluding hydrogens is 264 g/mol. The van der Waals surface area contributed by atoms with Gasteiger partial charge in [0.05, 0.1) is 0 Å². The summed E-state index contributed by atoms with van der Waals surface area (Å²) in [6, 6.07) is 7.08. The number of urea groups is 1. The van der Waals surface area contributed by atoms with Gasteiger partial charge in [0.2, 0.25) is 0 Å². The molecule has 1 aliphatic heterocycles. The summed E-state index contributed by atoms with van der Waals surface area (Å²) in [5.41, 5.74) is 1.42. The Balaban J connectivity index is 1.62. The molecular formula is C17H22N2O2. The molecule has 4 nitrogen and oxygen atoms in total. The SMILES string of the molecule is CC(=O)c1ccc(NC(=O)N2C[C@H]3CCC[C@@H](C3)C2)cc1. The van der Waals surface area contributed by atoms with Crippen LogP contribution in [0.3, 0.4) is 0 Å². The standard InChI is InChI=1S/C17H22N2O2/c1-12(20)15-5-7-16(8-6-15)18-17(21)19-10-13-3-2-4-14(9-13)11-19/h5-8,13-14H,2-4,9-11H2,1H3,(H,18,21)/t13-,14-/m0/s1. The number of nitrogens with one attached hydrogen (secondary N) is 1. The summed E-state index contributed by atoms with van der Waals surface area (Å²) in [7, 11) is 0. The fraction of sp³-hybridized carbons (Fsp3) is 0.529. The van der Waals surface area contributed by atoms with E-state index in [4.69, 9.17) is 0 Å². The second-order valence-electron chi connectivity index (χ2n) is 6.37. The lowest BCUT2D eigenvalue weighted by Crippen LogP contribution is -2.47. The summed E-state index contributed by atoms with van der Waals surface area (Å²) >= 11 is 0. The molecule has 1 saturated heterocycles. The Bertz CT molecular complexity index is 526. The number of ketones is 1. The molecule has 0 unspecified atom stereocenters. The Morgan fingerprint density at radius 1 is 1.10 bits per heavy atom. The Labute approximate surface area is 125 Å². The first-order valence-electron chi connectivity index (χ1n) is 7.79. The Morgan fingerprint density at radius 3 is 2.29 bits per heavy atom. The highest BCUT2D eigenvalue weighted by molar-refractivity contribution is 5.95. The highest BCUT2D eigenvalue weighted by atomic mass is 16.2. The lowest BCUT2D eigenvalue weighted by molar-refractivity contribution is 0.101. The van der Waals surface area contributed by atoms with Gasteiger partial charge in [0, 0.05) is 24.3 Å². The van der Waals surface area contributed by atoms with Gasteiger partial charge in [-0.05, 0) is 62.3 Å². The van der Waals surface area contributed by atoms with Crippen LogP contribution in [0.2, 0.25) is 0 Å². The lowest BCUT2D eigenvalue weighted by atomic mass is 9.78. The molecule has 0 aromatic heterocycles. The second kappa shape index (κ2) is 5.88. The van der Waals surface area contributed by atoms with Crippen molar-refractivity contribution in [1.29, 1.82) is 0 Å². The number of carbonyl (C=O) groups excluding carboxylic acids is 2. The number of Topliss-reactive ketones (excluding diaryl/α,β-unsaturated/α-hetero) is 1. The summed E-state index contributed by atoms with van der Waals surface area (Å²) < 4.78 is 0. The zero-order valence-corrected chi connectivity index (χ0v) is 12.5. The van der Waals surface area contributed by atoms with E-state index in [0.29, 0.717) is 17.4 Å². The van der Waals surface area contributed by atoms with Crippen LogP contribution in [0.5, 0.6) is 0 Å². The average molecular weight is 286 g/mol. The number of hydrogen-bond acceptors (Lipinski definition) is 2. The van der Waals surface area contributed by atoms with Gasteiger partial charge < -0.3 is 10.2 Å². The third-order valence-corrected chi connectivity index (χ3v) is 4.68. The molecule has 0 radical (unpaired) electrons. The minimum atomic E-state index is -0.0119. The predicted octanol–water partition coefficient (Wildman–Crippen LogP) is 3.54. The predicted molar refractivity (Wildman–Crippen MR) is 82.5 cm³/mol. The summed E-state index contributed by atoms with van der Waals surface area (Å²) in [4.78, 5) is 25.6. The molecule has 4 heteroatoms. The smallest absolute Gasteiger partial charge is 0.321 e. The number of hydrogen-bond donors (Lipinski definition) is 1.